The fraction of sp³-hybridized carbons (Fsp3) is 0.652. The molecule has 0 radical (unpaired) electrons. The first-order chi connectivity index (χ1) is 39.6. The van der Waals surface area contributed by atoms with Crippen LogP contribution in [0, 0.1) is 68.0 Å². The van der Waals surface area contributed by atoms with Crippen molar-refractivity contribution in [1.29, 1.82) is 0 Å². The third kappa shape index (κ3) is 7.31. The van der Waals surface area contributed by atoms with Crippen LogP contribution in [0.1, 0.15) is 154 Å². The van der Waals surface area contributed by atoms with Gasteiger partial charge >= 0.3 is 0 Å². The lowest BCUT2D eigenvalue weighted by Crippen LogP contribution is -2.81. The minimum absolute atomic E-state index is 0.00273. The van der Waals surface area contributed by atoms with Gasteiger partial charge in [0.1, 0.15) is 46.6 Å². The molecule has 82 heavy (non-hydrogen) atoms. The van der Waals surface area contributed by atoms with Crippen LogP contribution in [0.5, 0.6) is 5.75 Å². The van der Waals surface area contributed by atoms with Crippen LogP contribution in [0.4, 0.5) is 0 Å². The molecule has 1 saturated heterocycles. The third-order valence-electron chi connectivity index (χ3n) is 25.1. The number of ketones is 2. The predicted octanol–water partition coefficient (Wildman–Crippen LogP) is 8.48. The van der Waals surface area contributed by atoms with E-state index in [0.717, 1.165) is 49.1 Å². The topological polar surface area (TPSA) is 235 Å². The van der Waals surface area contributed by atoms with Crippen molar-refractivity contribution in [1.82, 2.24) is 10.6 Å². The van der Waals surface area contributed by atoms with Crippen LogP contribution in [-0.4, -0.2) is 114 Å². The number of dihydropyridines is 1. The first-order valence-corrected chi connectivity index (χ1v) is 33.3. The van der Waals surface area contributed by atoms with Crippen LogP contribution in [0.15, 0.2) is 89.0 Å². The molecule has 16 rings (SSSR count). The number of aliphatic hydroxyl groups is 7. The Balaban J connectivity index is 0.866. The summed E-state index contributed by atoms with van der Waals surface area (Å²) in [5.74, 6) is -2.68. The highest BCUT2D eigenvalue weighted by Crippen LogP contribution is 2.81. The number of nitrogens with one attached hydrogen (secondary N) is 2. The van der Waals surface area contributed by atoms with Gasteiger partial charge in [-0.15, -0.1) is 0 Å². The van der Waals surface area contributed by atoms with E-state index in [9.17, 15) is 40.5 Å². The lowest BCUT2D eigenvalue weighted by Gasteiger charge is -2.65. The van der Waals surface area contributed by atoms with Crippen LogP contribution in [-0.2, 0) is 22.6 Å². The molecule has 7 saturated carbocycles. The highest BCUT2D eigenvalue weighted by molar-refractivity contribution is 8.76. The largest absolute Gasteiger partial charge is 0.511 e. The molecule has 8 fully saturated rings. The Morgan fingerprint density at radius 3 is 2.46 bits per heavy atom. The Kier molecular flexibility index (Phi) is 12.8. The van der Waals surface area contributed by atoms with Crippen molar-refractivity contribution in [3.8, 4) is 5.75 Å². The monoisotopic (exact) mass is 1160 g/mol. The minimum Gasteiger partial charge on any atom is -0.511 e. The molecular formula is C66H80N2O12S2. The summed E-state index contributed by atoms with van der Waals surface area (Å²) in [7, 11) is 2.85. The van der Waals surface area contributed by atoms with E-state index in [2.05, 4.69) is 16.7 Å². The van der Waals surface area contributed by atoms with Crippen molar-refractivity contribution in [3.63, 3.8) is 0 Å². The maximum atomic E-state index is 16.2. The van der Waals surface area contributed by atoms with Crippen molar-refractivity contribution in [2.45, 2.75) is 170 Å². The quantitative estimate of drug-likeness (QED) is 0.0891. The van der Waals surface area contributed by atoms with Gasteiger partial charge in [-0.25, -0.2) is 0 Å². The first kappa shape index (κ1) is 54.7. The summed E-state index contributed by atoms with van der Waals surface area (Å²) in [4.78, 5) is 45.8. The van der Waals surface area contributed by atoms with E-state index in [1.165, 1.54) is 97.3 Å². The molecule has 438 valence electrons. The number of carbonyl (C=O) groups is 3. The standard InChI is InChI=1S/C66H80N2O12S2/c69-18-5-11-50-65-47(21-39(22-49(65)73)20-37-7-3-8-38(19-37)30-70)53(74)44-9-4-10-48(52(44)55(65)75)79-57-56(76)66(78)54-41(26-63(35-72,80-57)58(66)77)23-40-24-42-28-60(34-64(42,54)46-25-51(67-29-45(40)46)68-36-81-82-50)32-59(27-43(60)31-71)16-17-62(33-59)15-6-14-61(62)12-1-2-13-61/h3-4,7-10,19,21-22,25,31,40-43,47,50,54,56-58,67-70,72-73,76-78H,1-2,5-6,11-18,20,23-24,26-30,32-36H2. The molecular weight excluding hydrogens is 1080 g/mol. The number of Topliss-reactive ketones (excluding diaryl/α,β-unsaturated/α-hetero) is 2. The number of rotatable bonds is 8. The van der Waals surface area contributed by atoms with Crippen molar-refractivity contribution in [3.05, 3.63) is 111 Å². The molecule has 11 aliphatic carbocycles. The molecule has 10 bridgehead atoms. The van der Waals surface area contributed by atoms with Gasteiger partial charge in [-0.1, -0.05) is 83.3 Å². The zero-order valence-corrected chi connectivity index (χ0v) is 48.4. The number of hydrogen-bond donors (Lipinski definition) is 9. The van der Waals surface area contributed by atoms with E-state index in [1.54, 1.807) is 24.3 Å². The maximum Gasteiger partial charge on any atom is 0.229 e. The molecule has 17 unspecified atom stereocenters. The maximum absolute atomic E-state index is 16.2. The van der Waals surface area contributed by atoms with E-state index in [-0.39, 0.29) is 89.6 Å². The molecule has 16 heteroatoms. The van der Waals surface area contributed by atoms with Crippen LogP contribution in [0.3, 0.4) is 0 Å². The molecule has 3 heterocycles. The zero-order chi connectivity index (χ0) is 56.4. The highest BCUT2D eigenvalue weighted by Gasteiger charge is 2.80. The number of allylic oxidation sites excluding steroid dienone is 6. The van der Waals surface area contributed by atoms with E-state index in [4.69, 9.17) is 9.47 Å². The molecule has 2 aromatic rings. The van der Waals surface area contributed by atoms with Gasteiger partial charge in [0.2, 0.25) is 6.29 Å². The summed E-state index contributed by atoms with van der Waals surface area (Å²) in [5, 5.41) is 92.3. The number of aliphatic hydroxyl groups excluding tert-OH is 6. The fourth-order valence-electron chi connectivity index (χ4n) is 22.4. The predicted molar refractivity (Wildman–Crippen MR) is 309 cm³/mol. The van der Waals surface area contributed by atoms with Crippen molar-refractivity contribution < 1.29 is 59.6 Å². The minimum atomic E-state index is -2.35. The lowest BCUT2D eigenvalue weighted by molar-refractivity contribution is -0.392. The van der Waals surface area contributed by atoms with Crippen molar-refractivity contribution in [2.24, 2.45) is 68.0 Å². The summed E-state index contributed by atoms with van der Waals surface area (Å²) >= 11 is 0. The molecule has 14 nitrogen and oxygen atoms in total. The molecule has 0 amide bonds. The van der Waals surface area contributed by atoms with Crippen LogP contribution in [0.2, 0.25) is 0 Å². The van der Waals surface area contributed by atoms with E-state index in [0.29, 0.717) is 53.7 Å². The van der Waals surface area contributed by atoms with Gasteiger partial charge in [0.15, 0.2) is 11.6 Å². The SMILES string of the molecule is O=CC1CC2(CCC3(CCCC34CCCC4)C2)CC12CC1CC3CC4CC5(CO)OC6Oc7cccc8c7C(=O)C7(C(O)=CC(Cc9cccc(CO)c9)=CC7C8=O)C(CCCO)SSCNC7=CC(=C3CN7)C1(C2)C4C(O)(C6O)C5O. The number of benzene rings is 2. The Hall–Kier alpha value is -3.97. The van der Waals surface area contributed by atoms with Gasteiger partial charge < -0.3 is 60.6 Å². The Morgan fingerprint density at radius 2 is 1.66 bits per heavy atom. The van der Waals surface area contributed by atoms with E-state index in [1.807, 2.05) is 24.3 Å². The summed E-state index contributed by atoms with van der Waals surface area (Å²) in [6.45, 7) is -0.519. The second kappa shape index (κ2) is 19.3. The zero-order valence-electron chi connectivity index (χ0n) is 46.8. The van der Waals surface area contributed by atoms with Crippen molar-refractivity contribution >= 4 is 39.4 Å². The lowest BCUT2D eigenvalue weighted by atomic mass is 9.46. The van der Waals surface area contributed by atoms with Gasteiger partial charge in [0, 0.05) is 41.2 Å². The number of aldehydes is 1. The van der Waals surface area contributed by atoms with Gasteiger partial charge in [0.25, 0.3) is 0 Å². The van der Waals surface area contributed by atoms with E-state index >= 15 is 9.59 Å². The summed E-state index contributed by atoms with van der Waals surface area (Å²) in [5.41, 5.74) is -1.96. The van der Waals surface area contributed by atoms with Gasteiger partial charge in [-0.2, -0.15) is 0 Å². The van der Waals surface area contributed by atoms with Gasteiger partial charge in [0.05, 0.1) is 36.4 Å². The Labute approximate surface area is 487 Å². The first-order valence-electron chi connectivity index (χ1n) is 30.9. The van der Waals surface area contributed by atoms with Crippen LogP contribution in [0.25, 0.3) is 0 Å². The highest BCUT2D eigenvalue weighted by atomic mass is 33.1. The van der Waals surface area contributed by atoms with Crippen LogP contribution < -0.4 is 15.4 Å². The summed E-state index contributed by atoms with van der Waals surface area (Å²) in [6.07, 6.45) is 19.9. The molecule has 3 aliphatic heterocycles. The number of ether oxygens (including phenoxy) is 2. The Morgan fingerprint density at radius 1 is 0.854 bits per heavy atom. The van der Waals surface area contributed by atoms with Gasteiger partial charge in [-0.3, -0.25) is 9.59 Å². The number of fused-ring (bicyclic) bond motifs is 3. The second-order valence-electron chi connectivity index (χ2n) is 28.5. The van der Waals surface area contributed by atoms with Crippen LogP contribution >= 0.6 is 21.6 Å². The number of carbonyl (C=O) groups excluding carboxylic acids is 3. The molecule has 14 aliphatic rings. The number of hydrogen-bond acceptors (Lipinski definition) is 16. The smallest absolute Gasteiger partial charge is 0.229 e. The average molecular weight is 1160 g/mol. The average Bonchev–Trinajstić information content (AvgIpc) is 1.42. The molecule has 2 aromatic carbocycles. The third-order valence-corrected chi connectivity index (χ3v) is 27.8. The van der Waals surface area contributed by atoms with Gasteiger partial charge in [-0.05, 0) is 195 Å². The molecule has 17 atom stereocenters. The fourth-order valence-corrected chi connectivity index (χ4v) is 25.2. The van der Waals surface area contributed by atoms with E-state index < -0.39 is 75.8 Å². The molecule has 6 spiro atoms. The Bertz CT molecular complexity index is 3150. The molecule has 9 N–H and O–H groups in total. The second-order valence-corrected chi connectivity index (χ2v) is 31.0. The summed E-state index contributed by atoms with van der Waals surface area (Å²) in [6, 6.07) is 12.1. The normalized spacial score (nSPS) is 44.5. The molecule has 0 aromatic heterocycles. The van der Waals surface area contributed by atoms with Crippen molar-refractivity contribution in [2.75, 3.05) is 25.6 Å². The summed E-state index contributed by atoms with van der Waals surface area (Å²) < 4.78 is 13.7.